The van der Waals surface area contributed by atoms with Crippen LogP contribution < -0.4 is 0 Å². The molecule has 29 heavy (non-hydrogen) atoms. The normalized spacial score (nSPS) is 38.1. The third-order valence-corrected chi connectivity index (χ3v) is 9.82. The fourth-order valence-electron chi connectivity index (χ4n) is 4.24. The van der Waals surface area contributed by atoms with Crippen molar-refractivity contribution in [1.82, 2.24) is 0 Å². The standard InChI is InChI=1S/C16H20Cl2O10S/c17-9-1-5(13(19)20)7(15(23)24)3-11(9)29(27,28)12-4-8(16(25)26)6(14(21)22)2-10(12)18/h5-12H,1-4H2,(H,19,20)(H,21,22)(H,23,24)(H,25,26)/t5-,6-,7+,8+,9+,10+,11-,12-/m1/s1. The molecule has 0 radical (unpaired) electrons. The van der Waals surface area contributed by atoms with Crippen LogP contribution >= 0.6 is 23.2 Å². The van der Waals surface area contributed by atoms with Crippen molar-refractivity contribution in [1.29, 1.82) is 0 Å². The highest BCUT2D eigenvalue weighted by Gasteiger charge is 2.54. The summed E-state index contributed by atoms with van der Waals surface area (Å²) in [5, 5.41) is 31.8. The van der Waals surface area contributed by atoms with Gasteiger partial charge in [-0.2, -0.15) is 0 Å². The summed E-state index contributed by atoms with van der Waals surface area (Å²) in [6.07, 6.45) is -1.89. The van der Waals surface area contributed by atoms with Crippen LogP contribution in [0.3, 0.4) is 0 Å². The van der Waals surface area contributed by atoms with Crippen molar-refractivity contribution in [3.63, 3.8) is 0 Å². The van der Waals surface area contributed by atoms with Gasteiger partial charge in [-0.3, -0.25) is 19.2 Å². The quantitative estimate of drug-likeness (QED) is 0.400. The Morgan fingerprint density at radius 3 is 1.07 bits per heavy atom. The number of halogens is 2. The number of rotatable bonds is 6. The van der Waals surface area contributed by atoms with E-state index in [0.717, 1.165) is 0 Å². The third-order valence-electron chi connectivity index (χ3n) is 5.82. The minimum atomic E-state index is -4.29. The fraction of sp³-hybridized carbons (Fsp3) is 0.750. The Morgan fingerprint density at radius 2 is 0.828 bits per heavy atom. The lowest BCUT2D eigenvalue weighted by Crippen LogP contribution is -2.53. The molecule has 0 bridgehead atoms. The van der Waals surface area contributed by atoms with Crippen LogP contribution in [0.15, 0.2) is 0 Å². The van der Waals surface area contributed by atoms with Gasteiger partial charge in [0.2, 0.25) is 0 Å². The maximum absolute atomic E-state index is 13.2. The molecule has 0 aromatic carbocycles. The van der Waals surface area contributed by atoms with Crippen LogP contribution in [0.1, 0.15) is 25.7 Å². The Bertz CT molecular complexity index is 753. The predicted octanol–water partition coefficient (Wildman–Crippen LogP) is 0.744. The van der Waals surface area contributed by atoms with Crippen molar-refractivity contribution in [3.05, 3.63) is 0 Å². The molecule has 0 aromatic rings. The lowest BCUT2D eigenvalue weighted by atomic mass is 9.78. The molecule has 2 aliphatic carbocycles. The number of alkyl halides is 2. The zero-order valence-electron chi connectivity index (χ0n) is 14.8. The van der Waals surface area contributed by atoms with Crippen LogP contribution in [0.5, 0.6) is 0 Å². The number of aliphatic carboxylic acids is 4. The van der Waals surface area contributed by atoms with E-state index in [1.165, 1.54) is 0 Å². The number of sulfone groups is 1. The molecule has 0 spiro atoms. The van der Waals surface area contributed by atoms with Gasteiger partial charge in [-0.15, -0.1) is 23.2 Å². The van der Waals surface area contributed by atoms with Crippen LogP contribution in [-0.2, 0) is 29.0 Å². The summed E-state index contributed by atoms with van der Waals surface area (Å²) in [6, 6.07) is 0. The molecule has 0 aliphatic heterocycles. The number of hydrogen-bond acceptors (Lipinski definition) is 6. The molecule has 0 heterocycles. The van der Waals surface area contributed by atoms with Gasteiger partial charge < -0.3 is 20.4 Å². The molecular formula is C16H20Cl2O10S. The van der Waals surface area contributed by atoms with Crippen LogP contribution in [-0.4, -0.2) is 74.0 Å². The van der Waals surface area contributed by atoms with Gasteiger partial charge in [0.05, 0.1) is 44.9 Å². The maximum Gasteiger partial charge on any atom is 0.307 e. The monoisotopic (exact) mass is 474 g/mol. The molecule has 0 saturated heterocycles. The molecule has 2 aliphatic rings. The Morgan fingerprint density at radius 1 is 0.586 bits per heavy atom. The van der Waals surface area contributed by atoms with E-state index in [1.807, 2.05) is 0 Å². The maximum atomic E-state index is 13.2. The molecule has 2 rings (SSSR count). The second kappa shape index (κ2) is 8.65. The van der Waals surface area contributed by atoms with Gasteiger partial charge in [0.25, 0.3) is 0 Å². The molecule has 2 saturated carbocycles. The average molecular weight is 475 g/mol. The van der Waals surface area contributed by atoms with Gasteiger partial charge in [0, 0.05) is 0 Å². The fourth-order valence-corrected chi connectivity index (χ4v) is 8.13. The predicted molar refractivity (Wildman–Crippen MR) is 98.7 cm³/mol. The van der Waals surface area contributed by atoms with E-state index >= 15 is 0 Å². The first-order valence-electron chi connectivity index (χ1n) is 8.71. The van der Waals surface area contributed by atoms with E-state index in [9.17, 15) is 48.0 Å². The number of carbonyl (C=O) groups is 4. The Balaban J connectivity index is 2.35. The Labute approximate surface area is 175 Å². The molecule has 0 aromatic heterocycles. The van der Waals surface area contributed by atoms with E-state index in [0.29, 0.717) is 0 Å². The molecule has 8 atom stereocenters. The summed E-state index contributed by atoms with van der Waals surface area (Å²) < 4.78 is 26.4. The molecule has 0 unspecified atom stereocenters. The van der Waals surface area contributed by atoms with E-state index in [2.05, 4.69) is 0 Å². The van der Waals surface area contributed by atoms with E-state index < -0.39 is 104 Å². The lowest BCUT2D eigenvalue weighted by Gasteiger charge is -2.40. The van der Waals surface area contributed by atoms with Crippen LogP contribution in [0, 0.1) is 23.7 Å². The van der Waals surface area contributed by atoms with E-state index in [4.69, 9.17) is 23.2 Å². The summed E-state index contributed by atoms with van der Waals surface area (Å²) in [4.78, 5) is 45.6. The largest absolute Gasteiger partial charge is 0.481 e. The van der Waals surface area contributed by atoms with Gasteiger partial charge in [-0.05, 0) is 25.7 Å². The summed E-state index contributed by atoms with van der Waals surface area (Å²) in [6.45, 7) is 0. The van der Waals surface area contributed by atoms with Crippen molar-refractivity contribution < 1.29 is 48.0 Å². The van der Waals surface area contributed by atoms with Crippen LogP contribution in [0.4, 0.5) is 0 Å². The molecule has 13 heteroatoms. The van der Waals surface area contributed by atoms with Gasteiger partial charge in [0.1, 0.15) is 0 Å². The minimum absolute atomic E-state index is 0.391. The first kappa shape index (κ1) is 23.7. The van der Waals surface area contributed by atoms with Gasteiger partial charge in [-0.1, -0.05) is 0 Å². The SMILES string of the molecule is O=C(O)[C@H]1C[C@@H](S(=O)(=O)[C@@H]2C[C@H](C(=O)O)[C@H](C(=O)O)C[C@@H]2Cl)[C@@H](Cl)C[C@H]1C(=O)O. The van der Waals surface area contributed by atoms with Crippen LogP contribution in [0.2, 0.25) is 0 Å². The first-order chi connectivity index (χ1) is 13.3. The molecule has 164 valence electrons. The smallest absolute Gasteiger partial charge is 0.307 e. The Hall–Kier alpha value is -1.59. The zero-order chi connectivity index (χ0) is 22.3. The van der Waals surface area contributed by atoms with Gasteiger partial charge in [0.15, 0.2) is 9.84 Å². The molecule has 10 nitrogen and oxygen atoms in total. The lowest BCUT2D eigenvalue weighted by molar-refractivity contribution is -0.155. The van der Waals surface area contributed by atoms with E-state index in [1.54, 1.807) is 0 Å². The zero-order valence-corrected chi connectivity index (χ0v) is 17.2. The van der Waals surface area contributed by atoms with Crippen molar-refractivity contribution in [2.24, 2.45) is 23.7 Å². The summed E-state index contributed by atoms with van der Waals surface area (Å²) in [5.41, 5.74) is 0. The molecule has 2 fully saturated rings. The summed E-state index contributed by atoms with van der Waals surface area (Å²) >= 11 is 12.3. The van der Waals surface area contributed by atoms with Gasteiger partial charge in [-0.25, -0.2) is 8.42 Å². The van der Waals surface area contributed by atoms with Crippen molar-refractivity contribution in [2.75, 3.05) is 0 Å². The molecular weight excluding hydrogens is 455 g/mol. The van der Waals surface area contributed by atoms with Crippen LogP contribution in [0.25, 0.3) is 0 Å². The molecule has 0 amide bonds. The second-order valence-corrected chi connectivity index (χ2v) is 10.9. The Kier molecular flexibility index (Phi) is 7.06. The minimum Gasteiger partial charge on any atom is -0.481 e. The highest BCUT2D eigenvalue weighted by atomic mass is 35.5. The highest BCUT2D eigenvalue weighted by Crippen LogP contribution is 2.43. The first-order valence-corrected chi connectivity index (χ1v) is 11.2. The van der Waals surface area contributed by atoms with E-state index in [-0.39, 0.29) is 0 Å². The average Bonchev–Trinajstić information content (AvgIpc) is 2.59. The molecule has 4 N–H and O–H groups in total. The van der Waals surface area contributed by atoms with Gasteiger partial charge >= 0.3 is 23.9 Å². The topological polar surface area (TPSA) is 183 Å². The van der Waals surface area contributed by atoms with Crippen molar-refractivity contribution in [3.8, 4) is 0 Å². The number of hydrogen-bond donors (Lipinski definition) is 4. The number of carboxylic acids is 4. The number of carboxylic acid groups (broad SMARTS) is 4. The summed E-state index contributed by atoms with van der Waals surface area (Å²) in [5.74, 6) is -11.4. The second-order valence-electron chi connectivity index (χ2n) is 7.42. The van der Waals surface area contributed by atoms with Crippen molar-refractivity contribution >= 4 is 56.9 Å². The highest BCUT2D eigenvalue weighted by molar-refractivity contribution is 7.92. The summed E-state index contributed by atoms with van der Waals surface area (Å²) in [7, 11) is -4.29. The van der Waals surface area contributed by atoms with Crippen molar-refractivity contribution in [2.45, 2.75) is 46.9 Å². The third kappa shape index (κ3) is 4.61.